The van der Waals surface area contributed by atoms with Crippen molar-refractivity contribution in [2.24, 2.45) is 51.2 Å². The first-order valence-corrected chi connectivity index (χ1v) is 17.2. The summed E-state index contributed by atoms with van der Waals surface area (Å²) < 4.78 is 0. The Morgan fingerprint density at radius 3 is 2.41 bits per heavy atom. The van der Waals surface area contributed by atoms with Crippen LogP contribution in [0, 0.1) is 51.2 Å². The van der Waals surface area contributed by atoms with Crippen molar-refractivity contribution in [3.8, 4) is 0 Å². The highest BCUT2D eigenvalue weighted by Crippen LogP contribution is 2.71. The van der Waals surface area contributed by atoms with Crippen molar-refractivity contribution >= 4 is 0 Å². The van der Waals surface area contributed by atoms with Crippen LogP contribution in [0.2, 0.25) is 0 Å². The van der Waals surface area contributed by atoms with Gasteiger partial charge in [-0.25, -0.2) is 0 Å². The summed E-state index contributed by atoms with van der Waals surface area (Å²) in [6.45, 7) is 22.1. The molecule has 0 aliphatic heterocycles. The number of hydrogen-bond acceptors (Lipinski definition) is 0. The third-order valence-electron chi connectivity index (χ3n) is 14.2. The van der Waals surface area contributed by atoms with E-state index in [-0.39, 0.29) is 0 Å². The van der Waals surface area contributed by atoms with E-state index in [0.29, 0.717) is 27.6 Å². The van der Waals surface area contributed by atoms with Gasteiger partial charge < -0.3 is 0 Å². The SMILES string of the molecule is C=C(C)C1=CC(CC(=CC)[C@H]2CCC[C@H]3[C@@H]4CC[C@]5(CC)CCC(C)(C)CCC5(C)[C@H]4CC[C@]23C)CCC=C1. The smallest absolute Gasteiger partial charge is 0.0146 e. The van der Waals surface area contributed by atoms with Crippen LogP contribution < -0.4 is 0 Å². The number of fused-ring (bicyclic) bond motifs is 5. The second-order valence-electron chi connectivity index (χ2n) is 16.4. The van der Waals surface area contributed by atoms with E-state index in [0.717, 1.165) is 23.7 Å². The van der Waals surface area contributed by atoms with Gasteiger partial charge in [0.25, 0.3) is 0 Å². The van der Waals surface area contributed by atoms with Crippen molar-refractivity contribution in [1.29, 1.82) is 0 Å². The molecule has 0 N–H and O–H groups in total. The second kappa shape index (κ2) is 11.0. The predicted octanol–water partition coefficient (Wildman–Crippen LogP) is 12.0. The summed E-state index contributed by atoms with van der Waals surface area (Å²) in [7, 11) is 0. The number of hydrogen-bond donors (Lipinski definition) is 0. The maximum absolute atomic E-state index is 4.27. The Morgan fingerprint density at radius 1 is 0.923 bits per heavy atom. The van der Waals surface area contributed by atoms with Gasteiger partial charge in [-0.15, -0.1) is 0 Å². The van der Waals surface area contributed by atoms with Crippen LogP contribution in [0.3, 0.4) is 0 Å². The first-order chi connectivity index (χ1) is 18.5. The van der Waals surface area contributed by atoms with Gasteiger partial charge in [-0.3, -0.25) is 0 Å². The fourth-order valence-electron chi connectivity index (χ4n) is 11.4. The van der Waals surface area contributed by atoms with E-state index in [4.69, 9.17) is 0 Å². The lowest BCUT2D eigenvalue weighted by Gasteiger charge is -2.66. The van der Waals surface area contributed by atoms with Gasteiger partial charge in [-0.05, 0) is 161 Å². The topological polar surface area (TPSA) is 0 Å². The zero-order valence-electron chi connectivity index (χ0n) is 27.0. The van der Waals surface area contributed by atoms with Gasteiger partial charge in [-0.1, -0.05) is 83.1 Å². The van der Waals surface area contributed by atoms with Crippen molar-refractivity contribution in [2.75, 3.05) is 0 Å². The second-order valence-corrected chi connectivity index (χ2v) is 16.4. The van der Waals surface area contributed by atoms with E-state index < -0.39 is 0 Å². The molecule has 0 aromatic heterocycles. The van der Waals surface area contributed by atoms with Crippen molar-refractivity contribution in [3.05, 3.63) is 47.6 Å². The molecule has 218 valence electrons. The lowest BCUT2D eigenvalue weighted by atomic mass is 9.39. The Morgan fingerprint density at radius 2 is 1.69 bits per heavy atom. The maximum Gasteiger partial charge on any atom is -0.0146 e. The molecule has 0 aromatic carbocycles. The van der Waals surface area contributed by atoms with Crippen LogP contribution in [-0.2, 0) is 0 Å². The molecule has 5 aliphatic carbocycles. The summed E-state index contributed by atoms with van der Waals surface area (Å²) in [5, 5.41) is 0. The third-order valence-corrected chi connectivity index (χ3v) is 14.2. The van der Waals surface area contributed by atoms with Crippen molar-refractivity contribution < 1.29 is 0 Å². The first-order valence-electron chi connectivity index (χ1n) is 17.2. The number of allylic oxidation sites excluding steroid dienone is 7. The van der Waals surface area contributed by atoms with E-state index in [1.54, 1.807) is 5.57 Å². The minimum Gasteiger partial charge on any atom is -0.0955 e. The van der Waals surface area contributed by atoms with Gasteiger partial charge >= 0.3 is 0 Å². The molecule has 0 heteroatoms. The molecule has 8 atom stereocenters. The zero-order valence-corrected chi connectivity index (χ0v) is 27.0. The monoisotopic (exact) mass is 530 g/mol. The largest absolute Gasteiger partial charge is 0.0955 e. The highest BCUT2D eigenvalue weighted by molar-refractivity contribution is 5.38. The van der Waals surface area contributed by atoms with Gasteiger partial charge in [0.1, 0.15) is 0 Å². The molecule has 4 saturated carbocycles. The summed E-state index contributed by atoms with van der Waals surface area (Å²) >= 11 is 0. The van der Waals surface area contributed by atoms with Gasteiger partial charge in [0, 0.05) is 0 Å². The fraction of sp³-hybridized carbons (Fsp3) is 0.795. The van der Waals surface area contributed by atoms with Crippen LogP contribution in [0.4, 0.5) is 0 Å². The Labute approximate surface area is 243 Å². The summed E-state index contributed by atoms with van der Waals surface area (Å²) in [4.78, 5) is 0. The minimum absolute atomic E-state index is 0.498. The molecular formula is C39H62. The average molecular weight is 531 g/mol. The molecule has 2 unspecified atom stereocenters. The van der Waals surface area contributed by atoms with Gasteiger partial charge in [-0.2, -0.15) is 0 Å². The van der Waals surface area contributed by atoms with E-state index in [1.807, 2.05) is 0 Å². The minimum atomic E-state index is 0.498. The molecule has 0 nitrogen and oxygen atoms in total. The molecule has 0 spiro atoms. The van der Waals surface area contributed by atoms with E-state index in [9.17, 15) is 0 Å². The lowest BCUT2D eigenvalue weighted by Crippen LogP contribution is -2.58. The molecule has 39 heavy (non-hydrogen) atoms. The molecule has 0 amide bonds. The Kier molecular flexibility index (Phi) is 8.30. The summed E-state index contributed by atoms with van der Waals surface area (Å²) in [6.07, 6.45) is 31.2. The lowest BCUT2D eigenvalue weighted by molar-refractivity contribution is -0.163. The molecule has 4 fully saturated rings. The third kappa shape index (κ3) is 5.12. The average Bonchev–Trinajstić information content (AvgIpc) is 3.21. The molecule has 0 radical (unpaired) electrons. The molecule has 0 heterocycles. The summed E-state index contributed by atoms with van der Waals surface area (Å²) in [6, 6.07) is 0. The molecule has 5 rings (SSSR count). The quantitative estimate of drug-likeness (QED) is 0.310. The van der Waals surface area contributed by atoms with Crippen LogP contribution in [0.5, 0.6) is 0 Å². The van der Waals surface area contributed by atoms with Gasteiger partial charge in [0.2, 0.25) is 0 Å². The first kappa shape index (κ1) is 29.5. The molecule has 0 bridgehead atoms. The van der Waals surface area contributed by atoms with Crippen LogP contribution in [0.15, 0.2) is 47.6 Å². The van der Waals surface area contributed by atoms with Crippen LogP contribution in [-0.4, -0.2) is 0 Å². The predicted molar refractivity (Wildman–Crippen MR) is 171 cm³/mol. The van der Waals surface area contributed by atoms with E-state index >= 15 is 0 Å². The van der Waals surface area contributed by atoms with Crippen LogP contribution >= 0.6 is 0 Å². The van der Waals surface area contributed by atoms with E-state index in [1.165, 1.54) is 107 Å². The van der Waals surface area contributed by atoms with Crippen LogP contribution in [0.1, 0.15) is 145 Å². The zero-order chi connectivity index (χ0) is 28.1. The standard InChI is InChI=1S/C39H62/c1-9-30(26-29-14-11-12-15-31(27-29)28(3)4)33-16-13-17-34-32-18-21-39(10-2)25-23-36(5,6)22-24-38(39,8)35(32)19-20-37(33,34)7/h9,12,15,27,29,32-35H,3,10-11,13-14,16-26H2,1-2,4-8H3/t29?,32-,33+,34-,35-,37+,38?,39+/m0/s1. The van der Waals surface area contributed by atoms with Crippen molar-refractivity contribution in [1.82, 2.24) is 0 Å². The van der Waals surface area contributed by atoms with Gasteiger partial charge in [0.05, 0.1) is 0 Å². The highest BCUT2D eigenvalue weighted by atomic mass is 14.7. The normalized spacial score (nSPS) is 44.2. The summed E-state index contributed by atoms with van der Waals surface area (Å²) in [5.41, 5.74) is 6.57. The molecule has 0 aromatic rings. The Balaban J connectivity index is 1.40. The summed E-state index contributed by atoms with van der Waals surface area (Å²) in [5.74, 6) is 4.31. The fourth-order valence-corrected chi connectivity index (χ4v) is 11.4. The van der Waals surface area contributed by atoms with Crippen molar-refractivity contribution in [3.63, 3.8) is 0 Å². The maximum atomic E-state index is 4.27. The molecule has 0 saturated heterocycles. The highest BCUT2D eigenvalue weighted by Gasteiger charge is 2.62. The van der Waals surface area contributed by atoms with Gasteiger partial charge in [0.15, 0.2) is 0 Å². The Hall–Kier alpha value is -1.04. The van der Waals surface area contributed by atoms with Crippen LogP contribution in [0.25, 0.3) is 0 Å². The molecular weight excluding hydrogens is 468 g/mol. The van der Waals surface area contributed by atoms with Crippen molar-refractivity contribution in [2.45, 2.75) is 145 Å². The molecule has 5 aliphatic rings. The van der Waals surface area contributed by atoms with E-state index in [2.05, 4.69) is 79.3 Å². The number of rotatable bonds is 5. The Bertz CT molecular complexity index is 1000.